The van der Waals surface area contributed by atoms with E-state index >= 15 is 0 Å². The van der Waals surface area contributed by atoms with Gasteiger partial charge in [0, 0.05) is 0 Å². The molecule has 0 bridgehead atoms. The fraction of sp³-hybridized carbons (Fsp3) is 0. The molecule has 0 saturated carbocycles. The van der Waals surface area contributed by atoms with Crippen LogP contribution in [0, 0.1) is 0 Å². The van der Waals surface area contributed by atoms with Gasteiger partial charge in [0.25, 0.3) is 0 Å². The highest BCUT2D eigenvalue weighted by Crippen LogP contribution is 2.22. The van der Waals surface area contributed by atoms with Gasteiger partial charge in [0.1, 0.15) is 10.7 Å². The number of aromatic amines is 1. The minimum atomic E-state index is 0.395. The van der Waals surface area contributed by atoms with E-state index in [1.807, 2.05) is 0 Å². The van der Waals surface area contributed by atoms with Crippen LogP contribution in [-0.4, -0.2) is 20.4 Å². The standard InChI is InChI=1S/C5H2BrClN4/c6-2-1-3-5(8-4(2)7)10-11-9-3/h1H,(H,8,9,10,11). The number of rotatable bonds is 0. The summed E-state index contributed by atoms with van der Waals surface area (Å²) in [5.74, 6) is 0. The lowest BCUT2D eigenvalue weighted by atomic mass is 10.4. The summed E-state index contributed by atoms with van der Waals surface area (Å²) in [5.41, 5.74) is 1.22. The van der Waals surface area contributed by atoms with Gasteiger partial charge in [-0.3, -0.25) is 0 Å². The molecule has 0 spiro atoms. The Balaban J connectivity index is 2.86. The lowest BCUT2D eigenvalue weighted by Gasteiger charge is -1.90. The lowest BCUT2D eigenvalue weighted by molar-refractivity contribution is 0.954. The molecule has 0 aliphatic carbocycles. The van der Waals surface area contributed by atoms with Gasteiger partial charge < -0.3 is 0 Å². The highest BCUT2D eigenvalue weighted by Gasteiger charge is 2.03. The minimum absolute atomic E-state index is 0.395. The molecule has 2 rings (SSSR count). The number of fused-ring (bicyclic) bond motifs is 1. The van der Waals surface area contributed by atoms with E-state index in [0.29, 0.717) is 16.3 Å². The molecule has 0 aliphatic heterocycles. The van der Waals surface area contributed by atoms with Crippen LogP contribution in [0.3, 0.4) is 0 Å². The Bertz CT molecular complexity index is 362. The third-order valence-corrected chi connectivity index (χ3v) is 2.34. The molecule has 1 N–H and O–H groups in total. The van der Waals surface area contributed by atoms with Gasteiger partial charge in [-0.25, -0.2) is 4.98 Å². The number of aromatic nitrogens is 4. The average Bonchev–Trinajstić information content (AvgIpc) is 2.36. The van der Waals surface area contributed by atoms with Crippen LogP contribution >= 0.6 is 27.5 Å². The quantitative estimate of drug-likeness (QED) is 0.706. The largest absolute Gasteiger partial charge is 0.212 e. The van der Waals surface area contributed by atoms with E-state index in [9.17, 15) is 0 Å². The molecule has 0 unspecified atom stereocenters. The SMILES string of the molecule is Clc1nc2n[nH]nc2cc1Br. The second kappa shape index (κ2) is 2.42. The molecule has 0 radical (unpaired) electrons. The molecular weight excluding hydrogens is 231 g/mol. The van der Waals surface area contributed by atoms with Crippen molar-refractivity contribution in [2.75, 3.05) is 0 Å². The van der Waals surface area contributed by atoms with Crippen molar-refractivity contribution in [2.24, 2.45) is 0 Å². The van der Waals surface area contributed by atoms with E-state index in [2.05, 4.69) is 36.3 Å². The zero-order valence-electron chi connectivity index (χ0n) is 5.17. The van der Waals surface area contributed by atoms with Crippen LogP contribution in [0.25, 0.3) is 11.2 Å². The van der Waals surface area contributed by atoms with Crippen LogP contribution < -0.4 is 0 Å². The van der Waals surface area contributed by atoms with E-state index in [-0.39, 0.29) is 0 Å². The summed E-state index contributed by atoms with van der Waals surface area (Å²) in [6.07, 6.45) is 0. The second-order valence-corrected chi connectivity index (χ2v) is 3.14. The summed E-state index contributed by atoms with van der Waals surface area (Å²) in [7, 11) is 0. The smallest absolute Gasteiger partial charge is 0.203 e. The fourth-order valence-electron chi connectivity index (χ4n) is 0.739. The predicted molar refractivity (Wildman–Crippen MR) is 44.4 cm³/mol. The zero-order chi connectivity index (χ0) is 7.84. The average molecular weight is 233 g/mol. The van der Waals surface area contributed by atoms with E-state index in [4.69, 9.17) is 11.6 Å². The molecule has 0 aromatic carbocycles. The van der Waals surface area contributed by atoms with Crippen LogP contribution in [-0.2, 0) is 0 Å². The molecule has 2 aromatic rings. The topological polar surface area (TPSA) is 54.5 Å². The van der Waals surface area contributed by atoms with Gasteiger partial charge in [-0.2, -0.15) is 10.3 Å². The van der Waals surface area contributed by atoms with Gasteiger partial charge in [-0.05, 0) is 22.0 Å². The third-order valence-electron chi connectivity index (χ3n) is 1.22. The number of nitrogens with one attached hydrogen (secondary N) is 1. The van der Waals surface area contributed by atoms with Crippen molar-refractivity contribution in [1.82, 2.24) is 20.4 Å². The summed E-state index contributed by atoms with van der Waals surface area (Å²) >= 11 is 8.93. The monoisotopic (exact) mass is 232 g/mol. The maximum atomic E-state index is 5.70. The van der Waals surface area contributed by atoms with Crippen molar-refractivity contribution in [3.05, 3.63) is 15.7 Å². The molecule has 6 heteroatoms. The first-order valence-corrected chi connectivity index (χ1v) is 3.97. The van der Waals surface area contributed by atoms with Crippen molar-refractivity contribution in [2.45, 2.75) is 0 Å². The van der Waals surface area contributed by atoms with Gasteiger partial charge in [0.05, 0.1) is 4.47 Å². The number of nitrogens with zero attached hydrogens (tertiary/aromatic N) is 3. The molecule has 2 heterocycles. The van der Waals surface area contributed by atoms with Gasteiger partial charge in [0.15, 0.2) is 0 Å². The summed E-state index contributed by atoms with van der Waals surface area (Å²) in [6.45, 7) is 0. The van der Waals surface area contributed by atoms with E-state index in [1.54, 1.807) is 6.07 Å². The summed E-state index contributed by atoms with van der Waals surface area (Å²) in [4.78, 5) is 3.95. The molecular formula is C5H2BrClN4. The lowest BCUT2D eigenvalue weighted by Crippen LogP contribution is -1.79. The zero-order valence-corrected chi connectivity index (χ0v) is 7.52. The Kier molecular flexibility index (Phi) is 1.54. The highest BCUT2D eigenvalue weighted by atomic mass is 79.9. The number of halogens is 2. The van der Waals surface area contributed by atoms with E-state index in [1.165, 1.54) is 0 Å². The summed E-state index contributed by atoms with van der Waals surface area (Å²) in [5, 5.41) is 10.4. The van der Waals surface area contributed by atoms with Crippen molar-refractivity contribution >= 4 is 38.7 Å². The van der Waals surface area contributed by atoms with Gasteiger partial charge >= 0.3 is 0 Å². The van der Waals surface area contributed by atoms with Crippen LogP contribution in [0.1, 0.15) is 0 Å². The van der Waals surface area contributed by atoms with Crippen molar-refractivity contribution in [3.8, 4) is 0 Å². The first kappa shape index (κ1) is 7.00. The van der Waals surface area contributed by atoms with Crippen molar-refractivity contribution in [1.29, 1.82) is 0 Å². The van der Waals surface area contributed by atoms with Crippen LogP contribution in [0.15, 0.2) is 10.5 Å². The van der Waals surface area contributed by atoms with Crippen LogP contribution in [0.4, 0.5) is 0 Å². The number of pyridine rings is 1. The van der Waals surface area contributed by atoms with Crippen molar-refractivity contribution in [3.63, 3.8) is 0 Å². The first-order chi connectivity index (χ1) is 5.27. The van der Waals surface area contributed by atoms with Gasteiger partial charge in [-0.15, -0.1) is 5.10 Å². The molecule has 0 aliphatic rings. The maximum absolute atomic E-state index is 5.70. The molecule has 2 aromatic heterocycles. The normalized spacial score (nSPS) is 10.7. The first-order valence-electron chi connectivity index (χ1n) is 2.80. The molecule has 0 saturated heterocycles. The Morgan fingerprint density at radius 2 is 2.27 bits per heavy atom. The highest BCUT2D eigenvalue weighted by molar-refractivity contribution is 9.10. The Labute approximate surface area is 75.1 Å². The Morgan fingerprint density at radius 1 is 1.45 bits per heavy atom. The van der Waals surface area contributed by atoms with Crippen molar-refractivity contribution < 1.29 is 0 Å². The summed E-state index contributed by atoms with van der Waals surface area (Å²) in [6, 6.07) is 1.76. The van der Waals surface area contributed by atoms with Crippen LogP contribution in [0.2, 0.25) is 5.15 Å². The van der Waals surface area contributed by atoms with E-state index < -0.39 is 0 Å². The number of hydrogen-bond donors (Lipinski definition) is 1. The van der Waals surface area contributed by atoms with E-state index in [0.717, 1.165) is 4.47 Å². The molecule has 4 nitrogen and oxygen atoms in total. The summed E-state index contributed by atoms with van der Waals surface area (Å²) < 4.78 is 0.723. The molecule has 56 valence electrons. The maximum Gasteiger partial charge on any atom is 0.203 e. The Morgan fingerprint density at radius 3 is 3.09 bits per heavy atom. The minimum Gasteiger partial charge on any atom is -0.212 e. The fourth-order valence-corrected chi connectivity index (χ4v) is 1.18. The van der Waals surface area contributed by atoms with Gasteiger partial charge in [-0.1, -0.05) is 11.6 Å². The number of H-pyrrole nitrogens is 1. The Hall–Kier alpha value is -0.680. The molecule has 0 atom stereocenters. The molecule has 0 amide bonds. The predicted octanol–water partition coefficient (Wildman–Crippen LogP) is 1.77. The number of hydrogen-bond acceptors (Lipinski definition) is 3. The molecule has 11 heavy (non-hydrogen) atoms. The van der Waals surface area contributed by atoms with Crippen LogP contribution in [0.5, 0.6) is 0 Å². The van der Waals surface area contributed by atoms with Gasteiger partial charge in [0.2, 0.25) is 5.65 Å². The third kappa shape index (κ3) is 1.10. The second-order valence-electron chi connectivity index (χ2n) is 1.93. The molecule has 0 fully saturated rings.